The number of benzene rings is 1. The Bertz CT molecular complexity index is 1180. The van der Waals surface area contributed by atoms with Crippen molar-refractivity contribution in [3.8, 4) is 11.3 Å². The van der Waals surface area contributed by atoms with E-state index in [1.807, 2.05) is 31.6 Å². The molecule has 0 spiro atoms. The molecule has 0 radical (unpaired) electrons. The maximum Gasteiger partial charge on any atom is 0.140 e. The minimum absolute atomic E-state index is 0.856. The van der Waals surface area contributed by atoms with Crippen LogP contribution in [0.25, 0.3) is 22.3 Å². The molecule has 1 aromatic carbocycles. The van der Waals surface area contributed by atoms with Crippen molar-refractivity contribution in [3.05, 3.63) is 61.1 Å². The lowest BCUT2D eigenvalue weighted by atomic mass is 10.1. The Balaban J connectivity index is 1.57. The number of H-pyrrole nitrogens is 1. The van der Waals surface area contributed by atoms with Crippen LogP contribution in [0.1, 0.15) is 0 Å². The third-order valence-corrected chi connectivity index (χ3v) is 5.88. The molecule has 3 N–H and O–H groups in total. The molecule has 5 rings (SSSR count). The molecule has 1 aliphatic heterocycles. The van der Waals surface area contributed by atoms with E-state index in [2.05, 4.69) is 67.8 Å². The van der Waals surface area contributed by atoms with Gasteiger partial charge in [0, 0.05) is 68.5 Å². The fourth-order valence-electron chi connectivity index (χ4n) is 4.06. The molecule has 1 saturated heterocycles. The summed E-state index contributed by atoms with van der Waals surface area (Å²) in [6, 6.07) is 14.7. The van der Waals surface area contributed by atoms with Gasteiger partial charge >= 0.3 is 0 Å². The molecule has 1 fully saturated rings. The average Bonchev–Trinajstić information content (AvgIpc) is 3.29. The Morgan fingerprint density at radius 3 is 2.65 bits per heavy atom. The summed E-state index contributed by atoms with van der Waals surface area (Å²) in [5, 5.41) is 8.05. The first-order valence-corrected chi connectivity index (χ1v) is 10.6. The first-order valence-electron chi connectivity index (χ1n) is 10.6. The van der Waals surface area contributed by atoms with E-state index in [4.69, 9.17) is 4.98 Å². The SMILES string of the molecule is CNc1ccc(N2CCN(C)CC2)c(Nc2cc(-c3cccnc3)nc3[nH]ccc23)c1. The van der Waals surface area contributed by atoms with Crippen LogP contribution in [0.15, 0.2) is 61.1 Å². The van der Waals surface area contributed by atoms with Crippen LogP contribution in [0.5, 0.6) is 0 Å². The highest BCUT2D eigenvalue weighted by molar-refractivity contribution is 5.95. The van der Waals surface area contributed by atoms with Crippen molar-refractivity contribution in [1.29, 1.82) is 0 Å². The molecular formula is C24H27N7. The van der Waals surface area contributed by atoms with Crippen molar-refractivity contribution in [2.24, 2.45) is 0 Å². The van der Waals surface area contributed by atoms with Gasteiger partial charge in [-0.3, -0.25) is 4.98 Å². The molecule has 7 heteroatoms. The summed E-state index contributed by atoms with van der Waals surface area (Å²) in [7, 11) is 4.13. The summed E-state index contributed by atoms with van der Waals surface area (Å²) in [4.78, 5) is 17.1. The molecule has 0 aliphatic carbocycles. The number of rotatable bonds is 5. The molecule has 0 bridgehead atoms. The van der Waals surface area contributed by atoms with Gasteiger partial charge in [-0.1, -0.05) is 0 Å². The van der Waals surface area contributed by atoms with Gasteiger partial charge in [0.05, 0.1) is 22.8 Å². The molecule has 4 heterocycles. The first kappa shape index (κ1) is 19.4. The van der Waals surface area contributed by atoms with E-state index >= 15 is 0 Å². The minimum Gasteiger partial charge on any atom is -0.388 e. The summed E-state index contributed by atoms with van der Waals surface area (Å²) < 4.78 is 0. The van der Waals surface area contributed by atoms with E-state index in [0.717, 1.165) is 65.5 Å². The lowest BCUT2D eigenvalue weighted by Crippen LogP contribution is -2.44. The Morgan fingerprint density at radius 2 is 1.87 bits per heavy atom. The largest absolute Gasteiger partial charge is 0.388 e. The second-order valence-corrected chi connectivity index (χ2v) is 7.93. The van der Waals surface area contributed by atoms with Crippen LogP contribution in [0, 0.1) is 0 Å². The number of hydrogen-bond donors (Lipinski definition) is 3. The monoisotopic (exact) mass is 413 g/mol. The summed E-state index contributed by atoms with van der Waals surface area (Å²) in [6.45, 7) is 4.16. The lowest BCUT2D eigenvalue weighted by molar-refractivity contribution is 0.313. The van der Waals surface area contributed by atoms with Crippen molar-refractivity contribution < 1.29 is 0 Å². The van der Waals surface area contributed by atoms with Crippen molar-refractivity contribution in [3.63, 3.8) is 0 Å². The maximum absolute atomic E-state index is 4.80. The van der Waals surface area contributed by atoms with Crippen molar-refractivity contribution in [2.45, 2.75) is 0 Å². The Kier molecular flexibility index (Phi) is 5.18. The molecule has 1 aliphatic rings. The van der Waals surface area contributed by atoms with Crippen LogP contribution in [0.4, 0.5) is 22.7 Å². The number of anilines is 4. The number of nitrogens with one attached hydrogen (secondary N) is 3. The van der Waals surface area contributed by atoms with Gasteiger partial charge in [0.2, 0.25) is 0 Å². The van der Waals surface area contributed by atoms with Crippen LogP contribution >= 0.6 is 0 Å². The number of fused-ring (bicyclic) bond motifs is 1. The summed E-state index contributed by atoms with van der Waals surface area (Å²) in [6.07, 6.45) is 5.56. The van der Waals surface area contributed by atoms with E-state index in [9.17, 15) is 0 Å². The van der Waals surface area contributed by atoms with Crippen molar-refractivity contribution in [2.75, 3.05) is 55.8 Å². The summed E-state index contributed by atoms with van der Waals surface area (Å²) >= 11 is 0. The topological polar surface area (TPSA) is 72.1 Å². The fraction of sp³-hybridized carbons (Fsp3) is 0.250. The highest BCUT2D eigenvalue weighted by Crippen LogP contribution is 2.36. The zero-order chi connectivity index (χ0) is 21.2. The third kappa shape index (κ3) is 3.92. The van der Waals surface area contributed by atoms with E-state index in [1.54, 1.807) is 6.20 Å². The quantitative estimate of drug-likeness (QED) is 0.456. The first-order chi connectivity index (χ1) is 15.2. The van der Waals surface area contributed by atoms with Crippen LogP contribution in [0.2, 0.25) is 0 Å². The maximum atomic E-state index is 4.80. The standard InChI is InChI=1S/C24H27N7/c1-25-18-5-6-23(31-12-10-30(2)11-13-31)22(14-18)28-21-15-20(17-4-3-8-26-16-17)29-24-19(21)7-9-27-24/h3-9,14-16,25H,10-13H2,1-2H3,(H2,27,28,29). The van der Waals surface area contributed by atoms with Crippen LogP contribution in [0.3, 0.4) is 0 Å². The number of nitrogens with zero attached hydrogens (tertiary/aromatic N) is 4. The number of piperazine rings is 1. The molecule has 0 amide bonds. The molecule has 3 aromatic heterocycles. The van der Waals surface area contributed by atoms with E-state index in [1.165, 1.54) is 5.69 Å². The Morgan fingerprint density at radius 1 is 1.00 bits per heavy atom. The molecule has 0 atom stereocenters. The van der Waals surface area contributed by atoms with Gasteiger partial charge < -0.3 is 25.4 Å². The smallest absolute Gasteiger partial charge is 0.140 e. The zero-order valence-electron chi connectivity index (χ0n) is 17.9. The average molecular weight is 414 g/mol. The van der Waals surface area contributed by atoms with Crippen LogP contribution < -0.4 is 15.5 Å². The second-order valence-electron chi connectivity index (χ2n) is 7.93. The molecule has 0 saturated carbocycles. The van der Waals surface area contributed by atoms with Crippen molar-refractivity contribution >= 4 is 33.8 Å². The normalized spacial score (nSPS) is 14.7. The van der Waals surface area contributed by atoms with Gasteiger partial charge in [-0.15, -0.1) is 0 Å². The number of aromatic nitrogens is 3. The molecule has 7 nitrogen and oxygen atoms in total. The molecule has 31 heavy (non-hydrogen) atoms. The molecule has 158 valence electrons. The van der Waals surface area contributed by atoms with Gasteiger partial charge in [0.25, 0.3) is 0 Å². The molecule has 4 aromatic rings. The van der Waals surface area contributed by atoms with Gasteiger partial charge in [-0.2, -0.15) is 0 Å². The second kappa shape index (κ2) is 8.28. The number of pyridine rings is 2. The summed E-state index contributed by atoms with van der Waals surface area (Å²) in [5.74, 6) is 0. The fourth-order valence-corrected chi connectivity index (χ4v) is 4.06. The molecule has 0 unspecified atom stereocenters. The minimum atomic E-state index is 0.856. The van der Waals surface area contributed by atoms with Crippen molar-refractivity contribution in [1.82, 2.24) is 19.9 Å². The van der Waals surface area contributed by atoms with E-state index in [-0.39, 0.29) is 0 Å². The number of likely N-dealkylation sites (N-methyl/N-ethyl adjacent to an activating group) is 1. The van der Waals surface area contributed by atoms with Gasteiger partial charge in [-0.05, 0) is 49.5 Å². The Labute approximate surface area is 182 Å². The lowest BCUT2D eigenvalue weighted by Gasteiger charge is -2.35. The van der Waals surface area contributed by atoms with E-state index < -0.39 is 0 Å². The van der Waals surface area contributed by atoms with Crippen LogP contribution in [-0.2, 0) is 0 Å². The van der Waals surface area contributed by atoms with Crippen LogP contribution in [-0.4, -0.2) is 60.1 Å². The Hall–Kier alpha value is -3.58. The number of hydrogen-bond acceptors (Lipinski definition) is 6. The highest BCUT2D eigenvalue weighted by atomic mass is 15.3. The van der Waals surface area contributed by atoms with Gasteiger partial charge in [0.1, 0.15) is 5.65 Å². The van der Waals surface area contributed by atoms with E-state index in [0.29, 0.717) is 0 Å². The number of aromatic amines is 1. The highest BCUT2D eigenvalue weighted by Gasteiger charge is 2.18. The predicted octanol–water partition coefficient (Wildman–Crippen LogP) is 4.16. The zero-order valence-corrected chi connectivity index (χ0v) is 17.9. The molecular weight excluding hydrogens is 386 g/mol. The summed E-state index contributed by atoms with van der Waals surface area (Å²) in [5.41, 5.74) is 7.13. The van der Waals surface area contributed by atoms with Gasteiger partial charge in [-0.25, -0.2) is 4.98 Å². The van der Waals surface area contributed by atoms with Gasteiger partial charge in [0.15, 0.2) is 0 Å². The third-order valence-electron chi connectivity index (χ3n) is 5.88. The predicted molar refractivity (Wildman–Crippen MR) is 128 cm³/mol.